The second-order valence-corrected chi connectivity index (χ2v) is 10.1. The third-order valence-corrected chi connectivity index (χ3v) is 7.67. The minimum Gasteiger partial charge on any atom is -0.507 e. The van der Waals surface area contributed by atoms with Crippen LogP contribution in [0, 0.1) is 0 Å². The third kappa shape index (κ3) is 4.03. The van der Waals surface area contributed by atoms with Crippen LogP contribution in [-0.4, -0.2) is 83.7 Å². The van der Waals surface area contributed by atoms with Crippen LogP contribution in [0.3, 0.4) is 0 Å². The second kappa shape index (κ2) is 9.14. The SMILES string of the molecule is C[C@@H]1O[C@@H](O[C@H]2C[C@](O)([C@H](O)CO)Cc3cc4c(O)c5cccc(O)c5c(O)c4c(O)c32)C[C@H](N)[C@@H]1O. The fraction of sp³-hybridized carbons (Fsp3) is 0.462. The van der Waals surface area contributed by atoms with Crippen LogP contribution in [0.4, 0.5) is 0 Å². The first-order valence-corrected chi connectivity index (χ1v) is 12.1. The number of hydrogen-bond donors (Lipinski definition) is 9. The lowest BCUT2D eigenvalue weighted by molar-refractivity contribution is -0.251. The molecule has 0 unspecified atom stereocenters. The van der Waals surface area contributed by atoms with Gasteiger partial charge in [-0.15, -0.1) is 0 Å². The van der Waals surface area contributed by atoms with Gasteiger partial charge >= 0.3 is 0 Å². The van der Waals surface area contributed by atoms with E-state index in [4.69, 9.17) is 15.2 Å². The Bertz CT molecular complexity index is 1350. The van der Waals surface area contributed by atoms with Crippen LogP contribution in [0.5, 0.6) is 23.0 Å². The largest absolute Gasteiger partial charge is 0.507 e. The Balaban J connectivity index is 1.70. The summed E-state index contributed by atoms with van der Waals surface area (Å²) in [6.07, 6.45) is -5.49. The van der Waals surface area contributed by atoms with E-state index < -0.39 is 60.5 Å². The van der Waals surface area contributed by atoms with Gasteiger partial charge in [0.25, 0.3) is 0 Å². The zero-order chi connectivity index (χ0) is 26.8. The molecule has 1 aliphatic carbocycles. The maximum absolute atomic E-state index is 11.4. The maximum atomic E-state index is 11.4. The Hall–Kier alpha value is -2.90. The number of aliphatic hydroxyl groups is 4. The molecule has 2 aliphatic rings. The van der Waals surface area contributed by atoms with E-state index in [0.717, 1.165) is 0 Å². The van der Waals surface area contributed by atoms with Gasteiger partial charge in [-0.1, -0.05) is 12.1 Å². The standard InChI is InChI=1S/C26H31NO10/c1-10-22(31)14(27)6-18(36-10)37-16-8-26(35,17(30)9-28)7-11-5-13-21(24(33)19(11)16)25(34)20-12(23(13)32)3-2-4-15(20)29/h2-5,10,14,16-18,22,28-35H,6-9,27H2,1H3/t10-,14-,16-,17+,18-,22+,26-/m0/s1. The molecule has 11 nitrogen and oxygen atoms in total. The maximum Gasteiger partial charge on any atom is 0.160 e. The van der Waals surface area contributed by atoms with Gasteiger partial charge in [-0.2, -0.15) is 0 Å². The molecule has 1 fully saturated rings. The van der Waals surface area contributed by atoms with Gasteiger partial charge in [-0.05, 0) is 24.6 Å². The molecule has 0 saturated carbocycles. The van der Waals surface area contributed by atoms with E-state index >= 15 is 0 Å². The summed E-state index contributed by atoms with van der Waals surface area (Å²) in [6.45, 7) is 0.895. The van der Waals surface area contributed by atoms with E-state index in [1.165, 1.54) is 24.3 Å². The molecule has 0 spiro atoms. The summed E-state index contributed by atoms with van der Waals surface area (Å²) in [6, 6.07) is 5.14. The average molecular weight is 518 g/mol. The summed E-state index contributed by atoms with van der Waals surface area (Å²) in [5.41, 5.74) is 4.65. The molecule has 1 saturated heterocycles. The topological polar surface area (TPSA) is 206 Å². The summed E-state index contributed by atoms with van der Waals surface area (Å²) in [5, 5.41) is 85.4. The number of phenolic OH excluding ortho intramolecular Hbond substituents is 4. The smallest absolute Gasteiger partial charge is 0.160 e. The second-order valence-electron chi connectivity index (χ2n) is 10.1. The zero-order valence-electron chi connectivity index (χ0n) is 20.1. The minimum absolute atomic E-state index is 0.0485. The summed E-state index contributed by atoms with van der Waals surface area (Å²) < 4.78 is 11.9. The third-order valence-electron chi connectivity index (χ3n) is 7.67. The molecular formula is C26H31NO10. The molecule has 0 aromatic heterocycles. The first-order chi connectivity index (χ1) is 17.5. The van der Waals surface area contributed by atoms with Crippen LogP contribution in [-0.2, 0) is 15.9 Å². The lowest BCUT2D eigenvalue weighted by atomic mass is 9.74. The van der Waals surface area contributed by atoms with Crippen molar-refractivity contribution in [2.75, 3.05) is 6.61 Å². The van der Waals surface area contributed by atoms with Gasteiger partial charge < -0.3 is 56.1 Å². The van der Waals surface area contributed by atoms with E-state index in [2.05, 4.69) is 0 Å². The van der Waals surface area contributed by atoms with Gasteiger partial charge in [0.1, 0.15) is 29.1 Å². The van der Waals surface area contributed by atoms with Crippen molar-refractivity contribution in [3.05, 3.63) is 35.4 Å². The predicted octanol–water partition coefficient (Wildman–Crippen LogP) is 0.727. The average Bonchev–Trinajstić information content (AvgIpc) is 2.84. The van der Waals surface area contributed by atoms with Crippen LogP contribution in [0.25, 0.3) is 21.5 Å². The molecule has 3 aromatic carbocycles. The highest BCUT2D eigenvalue weighted by atomic mass is 16.7. The highest BCUT2D eigenvalue weighted by molar-refractivity contribution is 6.14. The Morgan fingerprint density at radius 3 is 2.51 bits per heavy atom. The van der Waals surface area contributed by atoms with Crippen molar-refractivity contribution in [2.45, 2.75) is 68.5 Å². The molecule has 37 heavy (non-hydrogen) atoms. The van der Waals surface area contributed by atoms with Crippen LogP contribution >= 0.6 is 0 Å². The van der Waals surface area contributed by atoms with Gasteiger partial charge in [-0.25, -0.2) is 0 Å². The molecule has 0 amide bonds. The highest BCUT2D eigenvalue weighted by Gasteiger charge is 2.46. The number of rotatable bonds is 4. The highest BCUT2D eigenvalue weighted by Crippen LogP contribution is 2.53. The van der Waals surface area contributed by atoms with Crippen molar-refractivity contribution in [1.82, 2.24) is 0 Å². The van der Waals surface area contributed by atoms with E-state index in [9.17, 15) is 40.9 Å². The lowest BCUT2D eigenvalue weighted by Gasteiger charge is -2.43. The summed E-state index contributed by atoms with van der Waals surface area (Å²) in [7, 11) is 0. The molecule has 1 heterocycles. The number of fused-ring (bicyclic) bond motifs is 3. The van der Waals surface area contributed by atoms with Crippen LogP contribution in [0.2, 0.25) is 0 Å². The quantitative estimate of drug-likeness (QED) is 0.174. The number of hydrogen-bond acceptors (Lipinski definition) is 11. The number of aliphatic hydroxyl groups excluding tert-OH is 3. The van der Waals surface area contributed by atoms with Crippen molar-refractivity contribution in [3.8, 4) is 23.0 Å². The molecule has 0 radical (unpaired) electrons. The Kier molecular flexibility index (Phi) is 6.35. The monoisotopic (exact) mass is 517 g/mol. The number of benzene rings is 3. The van der Waals surface area contributed by atoms with E-state index in [1.807, 2.05) is 0 Å². The van der Waals surface area contributed by atoms with Crippen molar-refractivity contribution in [3.63, 3.8) is 0 Å². The first-order valence-electron chi connectivity index (χ1n) is 12.1. The molecule has 3 aromatic rings. The molecule has 11 heteroatoms. The normalized spacial score (nSPS) is 30.9. The van der Waals surface area contributed by atoms with E-state index in [1.54, 1.807) is 6.92 Å². The van der Waals surface area contributed by atoms with Crippen LogP contribution in [0.15, 0.2) is 24.3 Å². The van der Waals surface area contributed by atoms with Gasteiger partial charge in [-0.3, -0.25) is 0 Å². The molecule has 200 valence electrons. The summed E-state index contributed by atoms with van der Waals surface area (Å²) in [5.74, 6) is -1.50. The Morgan fingerprint density at radius 1 is 1.11 bits per heavy atom. The number of aromatic hydroxyl groups is 4. The van der Waals surface area contributed by atoms with Crippen molar-refractivity contribution in [1.29, 1.82) is 0 Å². The summed E-state index contributed by atoms with van der Waals surface area (Å²) >= 11 is 0. The number of ether oxygens (including phenoxy) is 2. The lowest BCUT2D eigenvalue weighted by Crippen LogP contribution is -2.53. The van der Waals surface area contributed by atoms with Gasteiger partial charge in [0.05, 0.1) is 41.3 Å². The Labute approximate surface area is 211 Å². The summed E-state index contributed by atoms with van der Waals surface area (Å²) in [4.78, 5) is 0. The van der Waals surface area contributed by atoms with Gasteiger partial charge in [0.15, 0.2) is 6.29 Å². The van der Waals surface area contributed by atoms with Gasteiger partial charge in [0, 0.05) is 41.6 Å². The van der Waals surface area contributed by atoms with E-state index in [-0.39, 0.29) is 57.9 Å². The molecule has 1 aliphatic heterocycles. The van der Waals surface area contributed by atoms with Crippen molar-refractivity contribution < 1.29 is 50.3 Å². The molecule has 0 bridgehead atoms. The molecule has 10 N–H and O–H groups in total. The predicted molar refractivity (Wildman–Crippen MR) is 131 cm³/mol. The molecule has 5 rings (SSSR count). The molecule has 7 atom stereocenters. The minimum atomic E-state index is -1.86. The fourth-order valence-electron chi connectivity index (χ4n) is 5.65. The fourth-order valence-corrected chi connectivity index (χ4v) is 5.65. The number of phenols is 4. The van der Waals surface area contributed by atoms with Crippen molar-refractivity contribution >= 4 is 21.5 Å². The van der Waals surface area contributed by atoms with E-state index in [0.29, 0.717) is 5.56 Å². The van der Waals surface area contributed by atoms with Crippen LogP contribution < -0.4 is 5.73 Å². The van der Waals surface area contributed by atoms with Crippen LogP contribution in [0.1, 0.15) is 37.0 Å². The first kappa shape index (κ1) is 25.7. The Morgan fingerprint density at radius 2 is 1.84 bits per heavy atom. The zero-order valence-corrected chi connectivity index (χ0v) is 20.1. The number of nitrogens with two attached hydrogens (primary N) is 1. The van der Waals surface area contributed by atoms with Crippen molar-refractivity contribution in [2.24, 2.45) is 5.73 Å². The van der Waals surface area contributed by atoms with Gasteiger partial charge in [0.2, 0.25) is 0 Å². The molecular weight excluding hydrogens is 486 g/mol.